The highest BCUT2D eigenvalue weighted by atomic mass is 15.3. The third kappa shape index (κ3) is 6.55. The molecule has 0 aliphatic carbocycles. The van der Waals surface area contributed by atoms with E-state index in [9.17, 15) is 0 Å². The summed E-state index contributed by atoms with van der Waals surface area (Å²) >= 11 is 0. The SMILES string of the molecule is c1ccc(-c2ccc(C3=NC(n4c5ccccc5c5c6c(ccc54)c4ccccc4n6-c4c(-c5ccccc5)cccc4-c4ccccc4)NC(c4ccccc4-c4ccccc4)=N3)cc2)cc1. The van der Waals surface area contributed by atoms with E-state index in [0.29, 0.717) is 5.84 Å². The third-order valence-corrected chi connectivity index (χ3v) is 13.4. The molecule has 320 valence electrons. The number of aliphatic imine (C=N–C) groups is 2. The number of nitrogens with one attached hydrogen (secondary N) is 1. The number of fused-ring (bicyclic) bond motifs is 7. The van der Waals surface area contributed by atoms with Gasteiger partial charge in [-0.05, 0) is 51.6 Å². The Balaban J connectivity index is 1.08. The summed E-state index contributed by atoms with van der Waals surface area (Å²) in [4.78, 5) is 10.9. The maximum Gasteiger partial charge on any atom is 0.204 e. The lowest BCUT2D eigenvalue weighted by Gasteiger charge is -2.27. The first-order valence-corrected chi connectivity index (χ1v) is 23.2. The second-order valence-electron chi connectivity index (χ2n) is 17.3. The van der Waals surface area contributed by atoms with E-state index in [1.807, 2.05) is 0 Å². The summed E-state index contributed by atoms with van der Waals surface area (Å²) in [5.41, 5.74) is 16.7. The van der Waals surface area contributed by atoms with Gasteiger partial charge in [0.2, 0.25) is 6.29 Å². The number of rotatable bonds is 8. The molecule has 5 nitrogen and oxygen atoms in total. The average Bonchev–Trinajstić information content (AvgIpc) is 3.94. The summed E-state index contributed by atoms with van der Waals surface area (Å²) in [7, 11) is 0. The summed E-state index contributed by atoms with van der Waals surface area (Å²) in [5, 5.41) is 8.61. The van der Waals surface area contributed by atoms with E-state index in [4.69, 9.17) is 9.98 Å². The molecule has 1 atom stereocenters. The molecule has 13 rings (SSSR count). The molecule has 10 aromatic carbocycles. The van der Waals surface area contributed by atoms with Crippen molar-refractivity contribution >= 4 is 55.3 Å². The zero-order valence-electron chi connectivity index (χ0n) is 37.0. The summed E-state index contributed by atoms with van der Waals surface area (Å²) in [5.74, 6) is 1.42. The van der Waals surface area contributed by atoms with E-state index >= 15 is 0 Å². The van der Waals surface area contributed by atoms with Crippen LogP contribution >= 0.6 is 0 Å². The Morgan fingerprint density at radius 2 is 0.824 bits per heavy atom. The lowest BCUT2D eigenvalue weighted by Crippen LogP contribution is -2.36. The van der Waals surface area contributed by atoms with Crippen LogP contribution in [0.15, 0.2) is 259 Å². The molecule has 68 heavy (non-hydrogen) atoms. The van der Waals surface area contributed by atoms with Crippen LogP contribution < -0.4 is 5.32 Å². The first-order valence-electron chi connectivity index (χ1n) is 23.2. The van der Waals surface area contributed by atoms with Gasteiger partial charge in [-0.3, -0.25) is 0 Å². The van der Waals surface area contributed by atoms with E-state index in [-0.39, 0.29) is 0 Å². The van der Waals surface area contributed by atoms with Gasteiger partial charge in [-0.2, -0.15) is 0 Å². The molecule has 0 amide bonds. The zero-order chi connectivity index (χ0) is 45.0. The Morgan fingerprint density at radius 1 is 0.338 bits per heavy atom. The van der Waals surface area contributed by atoms with Crippen molar-refractivity contribution in [1.29, 1.82) is 0 Å². The van der Waals surface area contributed by atoms with Crippen molar-refractivity contribution < 1.29 is 0 Å². The van der Waals surface area contributed by atoms with Crippen LogP contribution in [0.2, 0.25) is 0 Å². The topological polar surface area (TPSA) is 46.6 Å². The summed E-state index contributed by atoms with van der Waals surface area (Å²) in [6, 6.07) is 88.8. The third-order valence-electron chi connectivity index (χ3n) is 13.4. The van der Waals surface area contributed by atoms with Gasteiger partial charge in [-0.1, -0.05) is 231 Å². The molecule has 3 heterocycles. The van der Waals surface area contributed by atoms with Crippen molar-refractivity contribution in [2.24, 2.45) is 9.98 Å². The molecule has 2 aromatic heterocycles. The molecule has 0 spiro atoms. The first kappa shape index (κ1) is 39.3. The van der Waals surface area contributed by atoms with Gasteiger partial charge in [-0.25, -0.2) is 9.98 Å². The quantitative estimate of drug-likeness (QED) is 0.162. The van der Waals surface area contributed by atoms with Crippen molar-refractivity contribution in [2.45, 2.75) is 6.29 Å². The minimum absolute atomic E-state index is 0.552. The Kier molecular flexibility index (Phi) is 9.50. The predicted molar refractivity (Wildman–Crippen MR) is 284 cm³/mol. The molecule has 1 aliphatic heterocycles. The van der Waals surface area contributed by atoms with Gasteiger partial charge in [0.1, 0.15) is 5.84 Å². The minimum Gasteiger partial charge on any atom is -0.331 e. The van der Waals surface area contributed by atoms with Gasteiger partial charge < -0.3 is 14.5 Å². The lowest BCUT2D eigenvalue weighted by atomic mass is 9.95. The second kappa shape index (κ2) is 16.4. The van der Waals surface area contributed by atoms with Gasteiger partial charge in [-0.15, -0.1) is 0 Å². The molecule has 1 N–H and O–H groups in total. The van der Waals surface area contributed by atoms with Gasteiger partial charge >= 0.3 is 0 Å². The number of aromatic nitrogens is 2. The minimum atomic E-state index is -0.552. The Labute approximate surface area is 394 Å². The smallest absolute Gasteiger partial charge is 0.204 e. The highest BCUT2D eigenvalue weighted by molar-refractivity contribution is 6.26. The number of hydrogen-bond acceptors (Lipinski definition) is 3. The maximum atomic E-state index is 5.56. The number of para-hydroxylation sites is 3. The number of nitrogens with zero attached hydrogens (tertiary/aromatic N) is 4. The molecule has 0 saturated carbocycles. The van der Waals surface area contributed by atoms with E-state index in [2.05, 4.69) is 263 Å². The van der Waals surface area contributed by atoms with Crippen LogP contribution in [-0.4, -0.2) is 20.8 Å². The number of amidine groups is 2. The fourth-order valence-electron chi connectivity index (χ4n) is 10.4. The van der Waals surface area contributed by atoms with E-state index in [0.717, 1.165) is 94.4 Å². The standard InChI is InChI=1S/C63H43N5/c1-5-20-42(21-6-1)43-36-38-47(39-37-43)61-64-62(53-30-14-13-28-48(53)44-22-7-2-8-23-44)66-63(65-61)67-56-35-18-16-31-54(56)58-57(67)41-40-52-51-29-15-17-34-55(51)68(60(52)58)59-49(45-24-9-3-10-25-45)32-19-33-50(59)46-26-11-4-12-27-46/h1-41,63H,(H,64,65,66). The van der Waals surface area contributed by atoms with Crippen molar-refractivity contribution in [3.05, 3.63) is 260 Å². The fourth-order valence-corrected chi connectivity index (χ4v) is 10.4. The Bertz CT molecular complexity index is 3850. The van der Waals surface area contributed by atoms with Crippen molar-refractivity contribution in [2.75, 3.05) is 0 Å². The molecular weight excluding hydrogens is 827 g/mol. The van der Waals surface area contributed by atoms with Crippen LogP contribution in [0, 0.1) is 0 Å². The largest absolute Gasteiger partial charge is 0.331 e. The van der Waals surface area contributed by atoms with Crippen LogP contribution in [0.3, 0.4) is 0 Å². The molecule has 12 aromatic rings. The Hall–Kier alpha value is -9.06. The average molecular weight is 870 g/mol. The highest BCUT2D eigenvalue weighted by Crippen LogP contribution is 2.46. The Morgan fingerprint density at radius 3 is 1.47 bits per heavy atom. The molecule has 1 aliphatic rings. The van der Waals surface area contributed by atoms with E-state index in [1.165, 1.54) is 16.3 Å². The number of benzene rings is 10. The van der Waals surface area contributed by atoms with Crippen LogP contribution in [0.4, 0.5) is 0 Å². The molecule has 0 saturated heterocycles. The highest BCUT2D eigenvalue weighted by Gasteiger charge is 2.29. The van der Waals surface area contributed by atoms with Crippen LogP contribution in [0.25, 0.3) is 93.8 Å². The van der Waals surface area contributed by atoms with Gasteiger partial charge in [0.25, 0.3) is 0 Å². The molecular formula is C63H43N5. The van der Waals surface area contributed by atoms with Crippen molar-refractivity contribution in [3.8, 4) is 50.2 Å². The van der Waals surface area contributed by atoms with E-state index < -0.39 is 6.29 Å². The monoisotopic (exact) mass is 869 g/mol. The van der Waals surface area contributed by atoms with Gasteiger partial charge in [0.15, 0.2) is 5.84 Å². The van der Waals surface area contributed by atoms with E-state index in [1.54, 1.807) is 0 Å². The summed E-state index contributed by atoms with van der Waals surface area (Å²) in [6.45, 7) is 0. The lowest BCUT2D eigenvalue weighted by molar-refractivity contribution is 0.516. The van der Waals surface area contributed by atoms with Crippen molar-refractivity contribution in [1.82, 2.24) is 14.5 Å². The van der Waals surface area contributed by atoms with Crippen LogP contribution in [-0.2, 0) is 0 Å². The van der Waals surface area contributed by atoms with Crippen molar-refractivity contribution in [3.63, 3.8) is 0 Å². The molecule has 0 fully saturated rings. The second-order valence-corrected chi connectivity index (χ2v) is 17.3. The zero-order valence-corrected chi connectivity index (χ0v) is 37.0. The fraction of sp³-hybridized carbons (Fsp3) is 0.0159. The van der Waals surface area contributed by atoms with Crippen LogP contribution in [0.1, 0.15) is 17.4 Å². The molecule has 0 bridgehead atoms. The number of hydrogen-bond donors (Lipinski definition) is 1. The summed E-state index contributed by atoms with van der Waals surface area (Å²) < 4.78 is 4.92. The molecule has 5 heteroatoms. The first-order chi connectivity index (χ1) is 33.8. The van der Waals surface area contributed by atoms with Gasteiger partial charge in [0.05, 0.1) is 27.8 Å². The maximum absolute atomic E-state index is 5.56. The predicted octanol–water partition coefficient (Wildman–Crippen LogP) is 15.5. The van der Waals surface area contributed by atoms with Gasteiger partial charge in [0, 0.05) is 43.8 Å². The van der Waals surface area contributed by atoms with Crippen LogP contribution in [0.5, 0.6) is 0 Å². The molecule has 0 radical (unpaired) electrons. The summed E-state index contributed by atoms with van der Waals surface area (Å²) in [6.07, 6.45) is -0.552. The molecule has 1 unspecified atom stereocenters. The normalized spacial score (nSPS) is 13.7.